The summed E-state index contributed by atoms with van der Waals surface area (Å²) in [6.07, 6.45) is 6.14. The Balaban J connectivity index is 1.65. The van der Waals surface area contributed by atoms with Crippen molar-refractivity contribution in [1.29, 1.82) is 0 Å². The minimum absolute atomic E-state index is 0.137. The molecule has 0 fully saturated rings. The van der Waals surface area contributed by atoms with E-state index in [2.05, 4.69) is 92.4 Å². The monoisotopic (exact) mass is 506 g/mol. The third-order valence-electron chi connectivity index (χ3n) is 7.04. The van der Waals surface area contributed by atoms with Gasteiger partial charge in [-0.3, -0.25) is 0 Å². The molecule has 0 aromatic heterocycles. The van der Waals surface area contributed by atoms with Crippen molar-refractivity contribution in [3.05, 3.63) is 108 Å². The summed E-state index contributed by atoms with van der Waals surface area (Å²) in [4.78, 5) is 12.0. The second-order valence-corrected chi connectivity index (χ2v) is 10.1. The standard InChI is InChI=1S/C35H38O3/c1-4-5-6-7-26-8-12-28(13-9-26)30-16-17-31-24-34(29-14-10-27(11-15-29)18-20-36)32(23-33(31)22-30)19-21-38-35(37)25(2)3/h8-17,22-24,36H,2,4-7,18-21H2,1,3H3. The van der Waals surface area contributed by atoms with E-state index in [0.717, 1.165) is 34.1 Å². The summed E-state index contributed by atoms with van der Waals surface area (Å²) in [7, 11) is 0. The SMILES string of the molecule is C=C(C)C(=O)OCCc1cc2cc(-c3ccc(CCCCC)cc3)ccc2cc1-c1ccc(CCO)cc1. The van der Waals surface area contributed by atoms with E-state index in [1.165, 1.54) is 41.3 Å². The zero-order valence-electron chi connectivity index (χ0n) is 22.6. The first-order valence-corrected chi connectivity index (χ1v) is 13.7. The number of aryl methyl sites for hydroxylation is 1. The largest absolute Gasteiger partial charge is 0.462 e. The fourth-order valence-corrected chi connectivity index (χ4v) is 4.80. The zero-order chi connectivity index (χ0) is 26.9. The number of hydrogen-bond acceptors (Lipinski definition) is 3. The van der Waals surface area contributed by atoms with Crippen LogP contribution in [0.3, 0.4) is 0 Å². The predicted octanol–water partition coefficient (Wildman–Crippen LogP) is 8.10. The summed E-state index contributed by atoms with van der Waals surface area (Å²) in [5.41, 5.74) is 8.68. The van der Waals surface area contributed by atoms with Gasteiger partial charge in [0.2, 0.25) is 0 Å². The van der Waals surface area contributed by atoms with Gasteiger partial charge >= 0.3 is 5.97 Å². The Morgan fingerprint density at radius 1 is 0.763 bits per heavy atom. The van der Waals surface area contributed by atoms with E-state index in [1.54, 1.807) is 6.92 Å². The molecular weight excluding hydrogens is 468 g/mol. The van der Waals surface area contributed by atoms with Crippen molar-refractivity contribution >= 4 is 16.7 Å². The summed E-state index contributed by atoms with van der Waals surface area (Å²) in [5, 5.41) is 11.6. The quantitative estimate of drug-likeness (QED) is 0.120. The van der Waals surface area contributed by atoms with E-state index >= 15 is 0 Å². The van der Waals surface area contributed by atoms with E-state index in [1.807, 2.05) is 0 Å². The molecule has 3 nitrogen and oxygen atoms in total. The number of rotatable bonds is 12. The Kier molecular flexibility index (Phi) is 9.51. The first kappa shape index (κ1) is 27.3. The van der Waals surface area contributed by atoms with Crippen LogP contribution in [0.5, 0.6) is 0 Å². The van der Waals surface area contributed by atoms with E-state index in [9.17, 15) is 9.90 Å². The molecule has 38 heavy (non-hydrogen) atoms. The third-order valence-corrected chi connectivity index (χ3v) is 7.04. The van der Waals surface area contributed by atoms with Crippen LogP contribution in [-0.4, -0.2) is 24.3 Å². The van der Waals surface area contributed by atoms with Crippen molar-refractivity contribution < 1.29 is 14.6 Å². The highest BCUT2D eigenvalue weighted by atomic mass is 16.5. The van der Waals surface area contributed by atoms with E-state index < -0.39 is 0 Å². The molecule has 0 atom stereocenters. The van der Waals surface area contributed by atoms with Gasteiger partial charge < -0.3 is 9.84 Å². The maximum Gasteiger partial charge on any atom is 0.333 e. The first-order chi connectivity index (χ1) is 18.5. The average molecular weight is 507 g/mol. The number of carbonyl (C=O) groups excluding carboxylic acids is 1. The summed E-state index contributed by atoms with van der Waals surface area (Å²) < 4.78 is 5.43. The molecule has 4 aromatic rings. The van der Waals surface area contributed by atoms with Gasteiger partial charge in [-0.25, -0.2) is 4.79 Å². The summed E-state index contributed by atoms with van der Waals surface area (Å²) >= 11 is 0. The van der Waals surface area contributed by atoms with Gasteiger partial charge in [0.25, 0.3) is 0 Å². The Labute approximate surface area is 226 Å². The fraction of sp³-hybridized carbons (Fsp3) is 0.286. The molecule has 0 aliphatic carbocycles. The highest BCUT2D eigenvalue weighted by Crippen LogP contribution is 2.32. The maximum absolute atomic E-state index is 12.0. The first-order valence-electron chi connectivity index (χ1n) is 13.7. The lowest BCUT2D eigenvalue weighted by atomic mass is 9.92. The number of benzene rings is 4. The molecule has 4 rings (SSSR count). The van der Waals surface area contributed by atoms with Gasteiger partial charge in [0.1, 0.15) is 0 Å². The van der Waals surface area contributed by atoms with Crippen molar-refractivity contribution in [3.63, 3.8) is 0 Å². The molecule has 0 aliphatic rings. The van der Waals surface area contributed by atoms with Crippen LogP contribution in [0.1, 0.15) is 49.8 Å². The van der Waals surface area contributed by atoms with Crippen LogP contribution >= 0.6 is 0 Å². The highest BCUT2D eigenvalue weighted by molar-refractivity contribution is 5.92. The van der Waals surface area contributed by atoms with Crippen LogP contribution in [0.25, 0.3) is 33.0 Å². The third kappa shape index (κ3) is 6.99. The van der Waals surface area contributed by atoms with Crippen LogP contribution in [0, 0.1) is 0 Å². The number of fused-ring (bicyclic) bond motifs is 1. The molecule has 196 valence electrons. The molecule has 0 bridgehead atoms. The van der Waals surface area contributed by atoms with Gasteiger partial charge in [0, 0.05) is 18.6 Å². The summed E-state index contributed by atoms with van der Waals surface area (Å²) in [6, 6.07) is 28.4. The van der Waals surface area contributed by atoms with Crippen molar-refractivity contribution in [2.24, 2.45) is 0 Å². The van der Waals surface area contributed by atoms with E-state index in [-0.39, 0.29) is 12.6 Å². The van der Waals surface area contributed by atoms with Gasteiger partial charge in [0.15, 0.2) is 0 Å². The van der Waals surface area contributed by atoms with Crippen LogP contribution in [0.2, 0.25) is 0 Å². The van der Waals surface area contributed by atoms with Crippen molar-refractivity contribution in [2.45, 2.75) is 52.4 Å². The van der Waals surface area contributed by atoms with Gasteiger partial charge in [-0.05, 0) is 88.0 Å². The van der Waals surface area contributed by atoms with Gasteiger partial charge in [-0.15, -0.1) is 0 Å². The van der Waals surface area contributed by atoms with E-state index in [0.29, 0.717) is 25.0 Å². The minimum atomic E-state index is -0.360. The molecule has 0 amide bonds. The Hall–Kier alpha value is -3.69. The van der Waals surface area contributed by atoms with Crippen LogP contribution < -0.4 is 0 Å². The maximum atomic E-state index is 12.0. The summed E-state index contributed by atoms with van der Waals surface area (Å²) in [6.45, 7) is 8.02. The lowest BCUT2D eigenvalue weighted by molar-refractivity contribution is -0.138. The number of unbranched alkanes of at least 4 members (excludes halogenated alkanes) is 2. The van der Waals surface area contributed by atoms with Crippen molar-refractivity contribution in [3.8, 4) is 22.3 Å². The summed E-state index contributed by atoms with van der Waals surface area (Å²) in [5.74, 6) is -0.360. The normalized spacial score (nSPS) is 11.0. The average Bonchev–Trinajstić information content (AvgIpc) is 2.93. The van der Waals surface area contributed by atoms with Gasteiger partial charge in [0.05, 0.1) is 6.61 Å². The van der Waals surface area contributed by atoms with E-state index in [4.69, 9.17) is 4.74 Å². The van der Waals surface area contributed by atoms with Crippen LogP contribution in [0.15, 0.2) is 91.0 Å². The topological polar surface area (TPSA) is 46.5 Å². The second-order valence-electron chi connectivity index (χ2n) is 10.1. The lowest BCUT2D eigenvalue weighted by Gasteiger charge is -2.14. The minimum Gasteiger partial charge on any atom is -0.462 e. The number of carbonyl (C=O) groups is 1. The number of aliphatic hydroxyl groups excluding tert-OH is 1. The Bertz CT molecular complexity index is 1380. The second kappa shape index (κ2) is 13.2. The molecule has 0 saturated heterocycles. The molecule has 3 heteroatoms. The molecule has 0 heterocycles. The number of esters is 1. The van der Waals surface area contributed by atoms with Crippen molar-refractivity contribution in [2.75, 3.05) is 13.2 Å². The van der Waals surface area contributed by atoms with Crippen molar-refractivity contribution in [1.82, 2.24) is 0 Å². The molecule has 0 saturated carbocycles. The number of hydrogen-bond donors (Lipinski definition) is 1. The number of ether oxygens (including phenoxy) is 1. The molecule has 0 aliphatic heterocycles. The fourth-order valence-electron chi connectivity index (χ4n) is 4.80. The zero-order valence-corrected chi connectivity index (χ0v) is 22.6. The molecule has 0 spiro atoms. The predicted molar refractivity (Wildman–Crippen MR) is 158 cm³/mol. The van der Waals surface area contributed by atoms with Crippen LogP contribution in [-0.2, 0) is 28.8 Å². The highest BCUT2D eigenvalue weighted by Gasteiger charge is 2.11. The van der Waals surface area contributed by atoms with Gasteiger partial charge in [-0.1, -0.05) is 93.1 Å². The molecular formula is C35H38O3. The Morgan fingerprint density at radius 3 is 2.08 bits per heavy atom. The molecule has 1 N–H and O–H groups in total. The smallest absolute Gasteiger partial charge is 0.333 e. The molecule has 0 radical (unpaired) electrons. The number of aliphatic hydroxyl groups is 1. The van der Waals surface area contributed by atoms with Gasteiger partial charge in [-0.2, -0.15) is 0 Å². The Morgan fingerprint density at radius 2 is 1.42 bits per heavy atom. The van der Waals surface area contributed by atoms with Crippen LogP contribution in [0.4, 0.5) is 0 Å². The molecule has 0 unspecified atom stereocenters. The lowest BCUT2D eigenvalue weighted by Crippen LogP contribution is -2.08. The molecule has 4 aromatic carbocycles.